The van der Waals surface area contributed by atoms with Crippen molar-refractivity contribution in [1.82, 2.24) is 29.6 Å². The SMILES string of the molecule is C=CC(=O)N1C2CCC1CC(Nc1cc3c(Nc4ccc(Oc5ccn(-c6ccc(C)nc6)n5)cc4F)ncnc3cc1OC)C2. The highest BCUT2D eigenvalue weighted by atomic mass is 19.1. The lowest BCUT2D eigenvalue weighted by Gasteiger charge is -2.39. The summed E-state index contributed by atoms with van der Waals surface area (Å²) in [5.74, 6) is 1.19. The Hall–Kier alpha value is -5.52. The zero-order valence-electron chi connectivity index (χ0n) is 25.5. The van der Waals surface area contributed by atoms with Crippen LogP contribution in [0.2, 0.25) is 0 Å². The number of fused-ring (bicyclic) bond motifs is 3. The standard InChI is InChI=1S/C34H33FN8O3/c1-4-33(44)43-22-7-8-23(43)14-21(13-22)39-30-16-26-29(17-31(30)45-3)37-19-38-34(26)40-28-10-9-25(15-27(28)35)46-32-11-12-42(41-32)24-6-5-20(2)36-18-24/h4-6,9-12,15-19,21-23,39H,1,7-8,13-14H2,2-3H3,(H,37,38,40). The summed E-state index contributed by atoms with van der Waals surface area (Å²) >= 11 is 0. The Morgan fingerprint density at radius 1 is 1.04 bits per heavy atom. The van der Waals surface area contributed by atoms with Crippen molar-refractivity contribution in [3.63, 3.8) is 0 Å². The fourth-order valence-corrected chi connectivity index (χ4v) is 6.46. The van der Waals surface area contributed by atoms with Crippen molar-refractivity contribution in [3.8, 4) is 23.1 Å². The lowest BCUT2D eigenvalue weighted by Crippen LogP contribution is -2.49. The molecule has 3 aromatic heterocycles. The van der Waals surface area contributed by atoms with Gasteiger partial charge >= 0.3 is 0 Å². The zero-order chi connectivity index (χ0) is 31.8. The molecule has 7 rings (SSSR count). The molecule has 234 valence electrons. The number of halogens is 1. The molecule has 12 heteroatoms. The third-order valence-corrected chi connectivity index (χ3v) is 8.62. The number of nitrogens with one attached hydrogen (secondary N) is 2. The second-order valence-electron chi connectivity index (χ2n) is 11.6. The molecule has 1 amide bonds. The molecule has 2 unspecified atom stereocenters. The number of rotatable bonds is 9. The highest BCUT2D eigenvalue weighted by Crippen LogP contribution is 2.40. The molecule has 2 fully saturated rings. The summed E-state index contributed by atoms with van der Waals surface area (Å²) in [4.78, 5) is 27.5. The van der Waals surface area contributed by atoms with Gasteiger partial charge in [-0.25, -0.2) is 19.0 Å². The first-order chi connectivity index (χ1) is 22.4. The Bertz CT molecular complexity index is 1910. The molecule has 0 aliphatic carbocycles. The third kappa shape index (κ3) is 5.69. The molecule has 2 saturated heterocycles. The normalized spacial score (nSPS) is 18.8. The number of aryl methyl sites for hydroxylation is 1. The van der Waals surface area contributed by atoms with Gasteiger partial charge in [-0.3, -0.25) is 9.78 Å². The quantitative estimate of drug-likeness (QED) is 0.182. The van der Waals surface area contributed by atoms with Gasteiger partial charge < -0.3 is 25.0 Å². The van der Waals surface area contributed by atoms with Crippen LogP contribution in [0.1, 0.15) is 31.4 Å². The average molecular weight is 621 g/mol. The van der Waals surface area contributed by atoms with Crippen LogP contribution in [0.4, 0.5) is 21.6 Å². The number of ether oxygens (including phenoxy) is 2. The second kappa shape index (κ2) is 12.1. The number of aromatic nitrogens is 5. The van der Waals surface area contributed by atoms with E-state index in [9.17, 15) is 4.79 Å². The number of carbonyl (C=O) groups is 1. The maximum Gasteiger partial charge on any atom is 0.246 e. The Morgan fingerprint density at radius 3 is 2.59 bits per heavy atom. The zero-order valence-corrected chi connectivity index (χ0v) is 25.5. The summed E-state index contributed by atoms with van der Waals surface area (Å²) in [6.07, 6.45) is 9.95. The first-order valence-electron chi connectivity index (χ1n) is 15.2. The number of pyridine rings is 1. The van der Waals surface area contributed by atoms with E-state index in [4.69, 9.17) is 9.47 Å². The van der Waals surface area contributed by atoms with E-state index in [0.717, 1.165) is 42.8 Å². The summed E-state index contributed by atoms with van der Waals surface area (Å²) in [5, 5.41) is 11.9. The van der Waals surface area contributed by atoms with Gasteiger partial charge in [-0.2, -0.15) is 0 Å². The van der Waals surface area contributed by atoms with Crippen LogP contribution >= 0.6 is 0 Å². The molecule has 2 N–H and O–H groups in total. The number of anilines is 3. The van der Waals surface area contributed by atoms with Gasteiger partial charge in [0.2, 0.25) is 11.8 Å². The molecular formula is C34H33FN8O3. The van der Waals surface area contributed by atoms with Gasteiger partial charge in [-0.1, -0.05) is 6.58 Å². The van der Waals surface area contributed by atoms with Crippen molar-refractivity contribution in [1.29, 1.82) is 0 Å². The fraction of sp³-hybridized carbons (Fsp3) is 0.265. The molecule has 46 heavy (non-hydrogen) atoms. The molecule has 0 radical (unpaired) electrons. The molecule has 2 aromatic carbocycles. The summed E-state index contributed by atoms with van der Waals surface area (Å²) in [6.45, 7) is 5.59. The van der Waals surface area contributed by atoms with Gasteiger partial charge in [-0.15, -0.1) is 5.10 Å². The average Bonchev–Trinajstić information content (AvgIpc) is 3.63. The van der Waals surface area contributed by atoms with Crippen molar-refractivity contribution in [2.45, 2.75) is 50.7 Å². The van der Waals surface area contributed by atoms with Crippen LogP contribution in [0.15, 0.2) is 79.9 Å². The van der Waals surface area contributed by atoms with Gasteiger partial charge in [0.05, 0.1) is 35.9 Å². The van der Waals surface area contributed by atoms with E-state index < -0.39 is 5.82 Å². The maximum atomic E-state index is 15.4. The Kier molecular flexibility index (Phi) is 7.69. The van der Waals surface area contributed by atoms with E-state index in [0.29, 0.717) is 34.1 Å². The van der Waals surface area contributed by atoms with Gasteiger partial charge in [0.25, 0.3) is 0 Å². The van der Waals surface area contributed by atoms with E-state index in [1.54, 1.807) is 42.4 Å². The van der Waals surface area contributed by atoms with Crippen molar-refractivity contribution in [2.24, 2.45) is 0 Å². The van der Waals surface area contributed by atoms with E-state index >= 15 is 4.39 Å². The van der Waals surface area contributed by atoms with Crippen molar-refractivity contribution < 1.29 is 18.7 Å². The Labute approximate surface area is 265 Å². The highest BCUT2D eigenvalue weighted by molar-refractivity contribution is 5.95. The highest BCUT2D eigenvalue weighted by Gasteiger charge is 2.42. The smallest absolute Gasteiger partial charge is 0.246 e. The predicted molar refractivity (Wildman–Crippen MR) is 172 cm³/mol. The Morgan fingerprint density at radius 2 is 1.87 bits per heavy atom. The van der Waals surface area contributed by atoms with Crippen molar-refractivity contribution >= 4 is 34.0 Å². The van der Waals surface area contributed by atoms with Gasteiger partial charge in [0.15, 0.2) is 0 Å². The molecule has 2 atom stereocenters. The summed E-state index contributed by atoms with van der Waals surface area (Å²) in [5.41, 5.74) is 3.35. The van der Waals surface area contributed by atoms with Gasteiger partial charge in [0.1, 0.15) is 29.5 Å². The van der Waals surface area contributed by atoms with Crippen LogP contribution in [-0.4, -0.2) is 60.8 Å². The number of amides is 1. The molecule has 5 aromatic rings. The summed E-state index contributed by atoms with van der Waals surface area (Å²) in [7, 11) is 1.62. The predicted octanol–water partition coefficient (Wildman–Crippen LogP) is 6.32. The minimum absolute atomic E-state index is 0.000541. The first kappa shape index (κ1) is 29.2. The van der Waals surface area contributed by atoms with Crippen LogP contribution in [0, 0.1) is 12.7 Å². The van der Waals surface area contributed by atoms with E-state index in [-0.39, 0.29) is 29.7 Å². The van der Waals surface area contributed by atoms with Crippen LogP contribution in [0.3, 0.4) is 0 Å². The lowest BCUT2D eigenvalue weighted by molar-refractivity contribution is -0.130. The maximum absolute atomic E-state index is 15.4. The lowest BCUT2D eigenvalue weighted by atomic mass is 9.96. The topological polar surface area (TPSA) is 119 Å². The molecule has 11 nitrogen and oxygen atoms in total. The third-order valence-electron chi connectivity index (χ3n) is 8.62. The molecule has 2 aliphatic rings. The summed E-state index contributed by atoms with van der Waals surface area (Å²) in [6, 6.07) is 14.4. The van der Waals surface area contributed by atoms with Gasteiger partial charge in [0, 0.05) is 53.6 Å². The molecule has 0 spiro atoms. The van der Waals surface area contributed by atoms with Crippen LogP contribution in [-0.2, 0) is 4.79 Å². The molecule has 2 aliphatic heterocycles. The largest absolute Gasteiger partial charge is 0.495 e. The van der Waals surface area contributed by atoms with Crippen molar-refractivity contribution in [3.05, 3.63) is 91.4 Å². The van der Waals surface area contributed by atoms with Crippen LogP contribution < -0.4 is 20.1 Å². The number of methoxy groups -OCH3 is 1. The fourth-order valence-electron chi connectivity index (χ4n) is 6.46. The number of hydrogen-bond acceptors (Lipinski definition) is 9. The molecule has 0 saturated carbocycles. The Balaban J connectivity index is 1.09. The number of nitrogens with zero attached hydrogens (tertiary/aromatic N) is 6. The minimum atomic E-state index is -0.519. The first-order valence-corrected chi connectivity index (χ1v) is 15.2. The molecular weight excluding hydrogens is 587 g/mol. The molecule has 5 heterocycles. The second-order valence-corrected chi connectivity index (χ2v) is 11.6. The van der Waals surface area contributed by atoms with E-state index in [1.807, 2.05) is 36.1 Å². The molecule has 2 bridgehead atoms. The monoisotopic (exact) mass is 620 g/mol. The van der Waals surface area contributed by atoms with Crippen LogP contribution in [0.25, 0.3) is 16.6 Å². The number of carbonyl (C=O) groups excluding carboxylic acids is 1. The van der Waals surface area contributed by atoms with Gasteiger partial charge in [-0.05, 0) is 69.0 Å². The number of benzene rings is 2. The minimum Gasteiger partial charge on any atom is -0.495 e. The van der Waals surface area contributed by atoms with Crippen LogP contribution in [0.5, 0.6) is 17.4 Å². The van der Waals surface area contributed by atoms with E-state index in [1.165, 1.54) is 18.5 Å². The van der Waals surface area contributed by atoms with Crippen molar-refractivity contribution in [2.75, 3.05) is 17.7 Å². The number of piperidine rings is 1. The van der Waals surface area contributed by atoms with E-state index in [2.05, 4.69) is 37.3 Å². The summed E-state index contributed by atoms with van der Waals surface area (Å²) < 4.78 is 28.5. The number of hydrogen-bond donors (Lipinski definition) is 2.